The van der Waals surface area contributed by atoms with Crippen molar-refractivity contribution < 1.29 is 23.1 Å². The van der Waals surface area contributed by atoms with Crippen molar-refractivity contribution in [1.29, 1.82) is 0 Å². The third kappa shape index (κ3) is 6.32. The van der Waals surface area contributed by atoms with Crippen LogP contribution in [0.4, 0.5) is 9.18 Å². The van der Waals surface area contributed by atoms with Gasteiger partial charge in [-0.25, -0.2) is 9.18 Å². The maximum absolute atomic E-state index is 13.3. The zero-order valence-electron chi connectivity index (χ0n) is 17.2. The molecular formula is C22H28FN3O4. The highest BCUT2D eigenvalue weighted by molar-refractivity contribution is 5.84. The van der Waals surface area contributed by atoms with Crippen molar-refractivity contribution in [3.63, 3.8) is 0 Å². The van der Waals surface area contributed by atoms with Gasteiger partial charge in [-0.2, -0.15) is 0 Å². The molecule has 162 valence electrons. The van der Waals surface area contributed by atoms with Crippen LogP contribution < -0.4 is 5.32 Å². The zero-order chi connectivity index (χ0) is 21.3. The zero-order valence-corrected chi connectivity index (χ0v) is 17.2. The monoisotopic (exact) mass is 417 g/mol. The molecule has 2 heterocycles. The Kier molecular flexibility index (Phi) is 7.84. The lowest BCUT2D eigenvalue weighted by molar-refractivity contribution is -0.133. The average molecular weight is 417 g/mol. The predicted molar refractivity (Wildman–Crippen MR) is 109 cm³/mol. The van der Waals surface area contributed by atoms with E-state index in [4.69, 9.17) is 9.15 Å². The SMILES string of the molecule is CCNC(=O)N(CC(=O)N(Cc1ccc(F)cc1)Cc1ccco1)C[C@H]1CCCO1. The number of carbonyl (C=O) groups excluding carboxylic acids is 2. The summed E-state index contributed by atoms with van der Waals surface area (Å²) < 4.78 is 24.3. The number of nitrogens with one attached hydrogen (secondary N) is 1. The Bertz CT molecular complexity index is 804. The van der Waals surface area contributed by atoms with E-state index in [1.165, 1.54) is 17.0 Å². The summed E-state index contributed by atoms with van der Waals surface area (Å²) in [6.07, 6.45) is 3.32. The lowest BCUT2D eigenvalue weighted by atomic mass is 10.2. The number of nitrogens with zero attached hydrogens (tertiary/aromatic N) is 2. The number of ether oxygens (including phenoxy) is 1. The molecule has 0 aliphatic carbocycles. The number of rotatable bonds is 9. The molecule has 1 aromatic carbocycles. The minimum atomic E-state index is -0.332. The van der Waals surface area contributed by atoms with Crippen LogP contribution in [-0.4, -0.2) is 54.1 Å². The average Bonchev–Trinajstić information content (AvgIpc) is 3.43. The molecule has 30 heavy (non-hydrogen) atoms. The van der Waals surface area contributed by atoms with Crippen molar-refractivity contribution in [3.8, 4) is 0 Å². The van der Waals surface area contributed by atoms with Crippen molar-refractivity contribution in [2.45, 2.75) is 39.0 Å². The van der Waals surface area contributed by atoms with Crippen LogP contribution in [0.2, 0.25) is 0 Å². The van der Waals surface area contributed by atoms with Crippen molar-refractivity contribution in [1.82, 2.24) is 15.1 Å². The van der Waals surface area contributed by atoms with E-state index in [9.17, 15) is 14.0 Å². The van der Waals surface area contributed by atoms with E-state index in [1.807, 2.05) is 6.92 Å². The Hall–Kier alpha value is -2.87. The smallest absolute Gasteiger partial charge is 0.317 e. The molecule has 1 aromatic heterocycles. The van der Waals surface area contributed by atoms with Gasteiger partial charge >= 0.3 is 6.03 Å². The van der Waals surface area contributed by atoms with Crippen LogP contribution in [0.5, 0.6) is 0 Å². The van der Waals surface area contributed by atoms with Gasteiger partial charge in [0.05, 0.1) is 18.9 Å². The maximum atomic E-state index is 13.3. The highest BCUT2D eigenvalue weighted by Gasteiger charge is 2.26. The summed E-state index contributed by atoms with van der Waals surface area (Å²) in [5, 5.41) is 2.77. The number of benzene rings is 1. The summed E-state index contributed by atoms with van der Waals surface area (Å²) >= 11 is 0. The van der Waals surface area contributed by atoms with E-state index in [0.29, 0.717) is 25.5 Å². The molecule has 1 aliphatic heterocycles. The van der Waals surface area contributed by atoms with Crippen molar-refractivity contribution in [3.05, 3.63) is 59.8 Å². The van der Waals surface area contributed by atoms with E-state index in [2.05, 4.69) is 5.32 Å². The standard InChI is InChI=1S/C22H28FN3O4/c1-2-24-22(28)26(15-20-6-4-12-30-20)16-21(27)25(14-19-5-3-11-29-19)13-17-7-9-18(23)10-8-17/h3,5,7-11,20H,2,4,6,12-16H2,1H3,(H,24,28)/t20-/m1/s1. The van der Waals surface area contributed by atoms with Gasteiger partial charge in [-0.3, -0.25) is 4.79 Å². The van der Waals surface area contributed by atoms with E-state index in [0.717, 1.165) is 18.4 Å². The first-order valence-corrected chi connectivity index (χ1v) is 10.2. The second kappa shape index (κ2) is 10.8. The molecule has 1 fully saturated rings. The summed E-state index contributed by atoms with van der Waals surface area (Å²) in [6.45, 7) is 3.81. The van der Waals surface area contributed by atoms with Gasteiger partial charge in [0.1, 0.15) is 18.1 Å². The topological polar surface area (TPSA) is 75.0 Å². The lowest BCUT2D eigenvalue weighted by Gasteiger charge is -2.29. The molecule has 1 N–H and O–H groups in total. The van der Waals surface area contributed by atoms with Gasteiger partial charge in [-0.15, -0.1) is 0 Å². The van der Waals surface area contributed by atoms with Gasteiger partial charge in [0.2, 0.25) is 5.91 Å². The number of carbonyl (C=O) groups is 2. The molecule has 1 aliphatic rings. The molecule has 0 bridgehead atoms. The number of furan rings is 1. The highest BCUT2D eigenvalue weighted by atomic mass is 19.1. The molecule has 7 nitrogen and oxygen atoms in total. The fourth-order valence-corrected chi connectivity index (χ4v) is 3.41. The highest BCUT2D eigenvalue weighted by Crippen LogP contribution is 2.15. The molecule has 1 atom stereocenters. The molecule has 0 spiro atoms. The summed E-state index contributed by atoms with van der Waals surface area (Å²) in [4.78, 5) is 28.8. The molecule has 0 unspecified atom stereocenters. The fraction of sp³-hybridized carbons (Fsp3) is 0.455. The van der Waals surface area contributed by atoms with Crippen LogP contribution in [0.1, 0.15) is 31.1 Å². The Morgan fingerprint density at radius 3 is 2.60 bits per heavy atom. The normalized spacial score (nSPS) is 15.7. The number of urea groups is 1. The van der Waals surface area contributed by atoms with Crippen LogP contribution in [-0.2, 0) is 22.6 Å². The molecular weight excluding hydrogens is 389 g/mol. The Morgan fingerprint density at radius 1 is 1.17 bits per heavy atom. The van der Waals surface area contributed by atoms with Crippen LogP contribution in [0.15, 0.2) is 47.1 Å². The first-order chi connectivity index (χ1) is 14.5. The molecule has 0 radical (unpaired) electrons. The molecule has 1 saturated heterocycles. The molecule has 3 rings (SSSR count). The molecule has 2 aromatic rings. The Morgan fingerprint density at radius 2 is 1.97 bits per heavy atom. The van der Waals surface area contributed by atoms with Crippen molar-refractivity contribution in [2.75, 3.05) is 26.2 Å². The van der Waals surface area contributed by atoms with Gasteiger partial charge in [-0.1, -0.05) is 12.1 Å². The van der Waals surface area contributed by atoms with E-state index < -0.39 is 0 Å². The molecule has 3 amide bonds. The van der Waals surface area contributed by atoms with Crippen LogP contribution >= 0.6 is 0 Å². The van der Waals surface area contributed by atoms with Gasteiger partial charge in [-0.05, 0) is 49.6 Å². The van der Waals surface area contributed by atoms with E-state index in [1.54, 1.807) is 35.4 Å². The summed E-state index contributed by atoms with van der Waals surface area (Å²) in [6, 6.07) is 9.28. The van der Waals surface area contributed by atoms with Crippen LogP contribution in [0.3, 0.4) is 0 Å². The van der Waals surface area contributed by atoms with E-state index >= 15 is 0 Å². The van der Waals surface area contributed by atoms with Crippen LogP contribution in [0.25, 0.3) is 0 Å². The summed E-state index contributed by atoms with van der Waals surface area (Å²) in [5.41, 5.74) is 0.792. The number of hydrogen-bond donors (Lipinski definition) is 1. The first kappa shape index (κ1) is 21.8. The first-order valence-electron chi connectivity index (χ1n) is 10.2. The van der Waals surface area contributed by atoms with Crippen molar-refractivity contribution in [2.24, 2.45) is 0 Å². The lowest BCUT2D eigenvalue weighted by Crippen LogP contribution is -2.49. The van der Waals surface area contributed by atoms with E-state index in [-0.39, 0.29) is 43.5 Å². The number of amides is 3. The quantitative estimate of drug-likeness (QED) is 0.680. The Balaban J connectivity index is 1.72. The maximum Gasteiger partial charge on any atom is 0.317 e. The van der Waals surface area contributed by atoms with Gasteiger partial charge in [0, 0.05) is 26.2 Å². The number of halogens is 1. The predicted octanol–water partition coefficient (Wildman–Crippen LogP) is 3.16. The third-order valence-electron chi connectivity index (χ3n) is 4.96. The number of hydrogen-bond acceptors (Lipinski definition) is 4. The van der Waals surface area contributed by atoms with Crippen LogP contribution in [0, 0.1) is 5.82 Å². The van der Waals surface area contributed by atoms with Crippen molar-refractivity contribution >= 4 is 11.9 Å². The van der Waals surface area contributed by atoms with Gasteiger partial charge < -0.3 is 24.3 Å². The minimum Gasteiger partial charge on any atom is -0.467 e. The molecule has 8 heteroatoms. The second-order valence-corrected chi connectivity index (χ2v) is 7.31. The van der Waals surface area contributed by atoms with Gasteiger partial charge in [0.25, 0.3) is 0 Å². The summed E-state index contributed by atoms with van der Waals surface area (Å²) in [7, 11) is 0. The minimum absolute atomic E-state index is 0.0592. The fourth-order valence-electron chi connectivity index (χ4n) is 3.41. The molecule has 0 saturated carbocycles. The Labute approximate surface area is 175 Å². The summed E-state index contributed by atoms with van der Waals surface area (Å²) in [5.74, 6) is 0.0794. The largest absolute Gasteiger partial charge is 0.467 e. The van der Waals surface area contributed by atoms with Gasteiger partial charge in [0.15, 0.2) is 0 Å². The second-order valence-electron chi connectivity index (χ2n) is 7.31. The third-order valence-corrected chi connectivity index (χ3v) is 4.96.